The molecule has 156 valence electrons. The Balaban J connectivity index is 1.72. The van der Waals surface area contributed by atoms with E-state index in [-0.39, 0.29) is 19.6 Å². The predicted molar refractivity (Wildman–Crippen MR) is 106 cm³/mol. The summed E-state index contributed by atoms with van der Waals surface area (Å²) in [6.45, 7) is 0.168. The lowest BCUT2D eigenvalue weighted by molar-refractivity contribution is -0.138. The Morgan fingerprint density at radius 1 is 1.03 bits per heavy atom. The van der Waals surface area contributed by atoms with Gasteiger partial charge in [0.15, 0.2) is 0 Å². The number of rotatable bonds is 9. The SMILES string of the molecule is Nc1ccc(CCOC(=O)C=Cc2ccc(OCCCC(F)(F)F)cc2)c(N)c1. The van der Waals surface area contributed by atoms with Crippen molar-refractivity contribution in [1.29, 1.82) is 0 Å². The summed E-state index contributed by atoms with van der Waals surface area (Å²) in [4.78, 5) is 11.8. The van der Waals surface area contributed by atoms with Crippen molar-refractivity contribution in [1.82, 2.24) is 0 Å². The number of nitrogens with two attached hydrogens (primary N) is 2. The zero-order chi connectivity index (χ0) is 21.3. The van der Waals surface area contributed by atoms with Gasteiger partial charge >= 0.3 is 12.1 Å². The zero-order valence-electron chi connectivity index (χ0n) is 15.7. The van der Waals surface area contributed by atoms with Crippen molar-refractivity contribution in [2.24, 2.45) is 0 Å². The molecule has 8 heteroatoms. The zero-order valence-corrected chi connectivity index (χ0v) is 15.7. The highest BCUT2D eigenvalue weighted by molar-refractivity contribution is 5.87. The molecule has 0 fully saturated rings. The molecule has 0 spiro atoms. The molecule has 2 rings (SSSR count). The number of carbonyl (C=O) groups excluding carboxylic acids is 1. The molecule has 2 aromatic carbocycles. The largest absolute Gasteiger partial charge is 0.494 e. The van der Waals surface area contributed by atoms with Crippen LogP contribution in [0.4, 0.5) is 24.5 Å². The number of alkyl halides is 3. The number of nitrogen functional groups attached to an aromatic ring is 2. The van der Waals surface area contributed by atoms with E-state index in [9.17, 15) is 18.0 Å². The van der Waals surface area contributed by atoms with Crippen LogP contribution in [-0.4, -0.2) is 25.4 Å². The maximum Gasteiger partial charge on any atom is 0.389 e. The molecule has 0 saturated heterocycles. The molecule has 5 nitrogen and oxygen atoms in total. The van der Waals surface area contributed by atoms with Crippen LogP contribution < -0.4 is 16.2 Å². The van der Waals surface area contributed by atoms with Gasteiger partial charge in [0.25, 0.3) is 0 Å². The Morgan fingerprint density at radius 3 is 2.41 bits per heavy atom. The summed E-state index contributed by atoms with van der Waals surface area (Å²) in [5, 5.41) is 0. The Kier molecular flexibility index (Phi) is 7.94. The lowest BCUT2D eigenvalue weighted by Crippen LogP contribution is -2.09. The Morgan fingerprint density at radius 2 is 1.76 bits per heavy atom. The van der Waals surface area contributed by atoms with E-state index in [1.165, 1.54) is 6.08 Å². The summed E-state index contributed by atoms with van der Waals surface area (Å²) in [5.74, 6) is -0.0283. The first kappa shape index (κ1) is 22.1. The summed E-state index contributed by atoms with van der Waals surface area (Å²) < 4.78 is 46.6. The fourth-order valence-electron chi connectivity index (χ4n) is 2.45. The summed E-state index contributed by atoms with van der Waals surface area (Å²) in [7, 11) is 0. The minimum atomic E-state index is -4.17. The average molecular weight is 408 g/mol. The van der Waals surface area contributed by atoms with Crippen molar-refractivity contribution >= 4 is 23.4 Å². The van der Waals surface area contributed by atoms with Gasteiger partial charge in [0.05, 0.1) is 13.2 Å². The van der Waals surface area contributed by atoms with Gasteiger partial charge in [-0.2, -0.15) is 13.2 Å². The molecule has 0 aliphatic carbocycles. The third kappa shape index (κ3) is 8.59. The van der Waals surface area contributed by atoms with Crippen LogP contribution in [0.25, 0.3) is 6.08 Å². The van der Waals surface area contributed by atoms with Gasteiger partial charge in [-0.1, -0.05) is 18.2 Å². The van der Waals surface area contributed by atoms with Crippen LogP contribution in [0.5, 0.6) is 5.75 Å². The van der Waals surface area contributed by atoms with E-state index in [4.69, 9.17) is 20.9 Å². The predicted octanol–water partition coefficient (Wildman–Crippen LogP) is 4.37. The molecule has 0 saturated carbocycles. The molecule has 0 unspecified atom stereocenters. The number of esters is 1. The summed E-state index contributed by atoms with van der Waals surface area (Å²) in [6, 6.07) is 11.8. The van der Waals surface area contributed by atoms with Gasteiger partial charge in [0.2, 0.25) is 0 Å². The van der Waals surface area contributed by atoms with Gasteiger partial charge in [-0.25, -0.2) is 4.79 Å². The van der Waals surface area contributed by atoms with Crippen molar-refractivity contribution in [3.8, 4) is 5.75 Å². The van der Waals surface area contributed by atoms with Crippen LogP contribution >= 0.6 is 0 Å². The average Bonchev–Trinajstić information content (AvgIpc) is 2.65. The van der Waals surface area contributed by atoms with Gasteiger partial charge in [-0.15, -0.1) is 0 Å². The number of anilines is 2. The van der Waals surface area contributed by atoms with Crippen LogP contribution in [0, 0.1) is 0 Å². The molecule has 0 heterocycles. The first-order valence-corrected chi connectivity index (χ1v) is 9.01. The van der Waals surface area contributed by atoms with E-state index in [1.807, 2.05) is 0 Å². The molecule has 2 aromatic rings. The van der Waals surface area contributed by atoms with Crippen LogP contribution in [0.1, 0.15) is 24.0 Å². The van der Waals surface area contributed by atoms with E-state index < -0.39 is 18.6 Å². The molecule has 0 aromatic heterocycles. The van der Waals surface area contributed by atoms with Crippen molar-refractivity contribution in [2.75, 3.05) is 24.7 Å². The third-order valence-corrected chi connectivity index (χ3v) is 3.95. The molecular formula is C21H23F3N2O3. The number of halogens is 3. The smallest absolute Gasteiger partial charge is 0.389 e. The fraction of sp³-hybridized carbons (Fsp3) is 0.286. The van der Waals surface area contributed by atoms with Crippen molar-refractivity contribution in [3.63, 3.8) is 0 Å². The molecule has 0 aliphatic heterocycles. The van der Waals surface area contributed by atoms with E-state index >= 15 is 0 Å². The maximum absolute atomic E-state index is 12.1. The minimum Gasteiger partial charge on any atom is -0.494 e. The number of benzene rings is 2. The van der Waals surface area contributed by atoms with Crippen LogP contribution in [0.3, 0.4) is 0 Å². The second-order valence-corrected chi connectivity index (χ2v) is 6.35. The van der Waals surface area contributed by atoms with Gasteiger partial charge in [0.1, 0.15) is 5.75 Å². The Hall–Kier alpha value is -3.16. The quantitative estimate of drug-likeness (QED) is 0.278. The number of hydrogen-bond acceptors (Lipinski definition) is 5. The number of carbonyl (C=O) groups is 1. The first-order chi connectivity index (χ1) is 13.7. The maximum atomic E-state index is 12.1. The van der Waals surface area contributed by atoms with Gasteiger partial charge < -0.3 is 20.9 Å². The third-order valence-electron chi connectivity index (χ3n) is 3.95. The second-order valence-electron chi connectivity index (χ2n) is 6.35. The highest BCUT2D eigenvalue weighted by Crippen LogP contribution is 2.22. The topological polar surface area (TPSA) is 87.6 Å². The van der Waals surface area contributed by atoms with Crippen LogP contribution in [0.2, 0.25) is 0 Å². The molecule has 0 amide bonds. The normalized spacial score (nSPS) is 11.6. The molecule has 0 aliphatic rings. The molecule has 29 heavy (non-hydrogen) atoms. The number of ether oxygens (including phenoxy) is 2. The van der Waals surface area contributed by atoms with Gasteiger partial charge in [-0.3, -0.25) is 0 Å². The second kappa shape index (κ2) is 10.4. The van der Waals surface area contributed by atoms with E-state index in [0.29, 0.717) is 23.5 Å². The molecule has 0 atom stereocenters. The van der Waals surface area contributed by atoms with Crippen LogP contribution in [-0.2, 0) is 16.0 Å². The lowest BCUT2D eigenvalue weighted by Gasteiger charge is -2.08. The highest BCUT2D eigenvalue weighted by Gasteiger charge is 2.26. The molecule has 0 radical (unpaired) electrons. The Bertz CT molecular complexity index is 834. The molecular weight excluding hydrogens is 385 g/mol. The van der Waals surface area contributed by atoms with E-state index in [1.54, 1.807) is 48.5 Å². The Labute approximate surface area is 167 Å². The summed E-state index contributed by atoms with van der Waals surface area (Å²) in [6.07, 6.45) is -1.79. The van der Waals surface area contributed by atoms with E-state index in [2.05, 4.69) is 0 Å². The first-order valence-electron chi connectivity index (χ1n) is 9.01. The monoisotopic (exact) mass is 408 g/mol. The van der Waals surface area contributed by atoms with Crippen molar-refractivity contribution in [3.05, 3.63) is 59.7 Å². The summed E-state index contributed by atoms with van der Waals surface area (Å²) in [5.41, 5.74) is 14.2. The van der Waals surface area contributed by atoms with Crippen molar-refractivity contribution in [2.45, 2.75) is 25.4 Å². The standard InChI is InChI=1S/C21H23F3N2O3/c22-21(23,24)11-1-12-28-18-7-2-15(3-8-18)4-9-20(27)29-13-10-16-5-6-17(25)14-19(16)26/h2-9,14H,1,10-13,25-26H2. The van der Waals surface area contributed by atoms with E-state index in [0.717, 1.165) is 11.1 Å². The lowest BCUT2D eigenvalue weighted by atomic mass is 10.1. The molecule has 0 bridgehead atoms. The van der Waals surface area contributed by atoms with Gasteiger partial charge in [0, 0.05) is 30.3 Å². The molecule has 4 N–H and O–H groups in total. The highest BCUT2D eigenvalue weighted by atomic mass is 19.4. The number of hydrogen-bond donors (Lipinski definition) is 2. The van der Waals surface area contributed by atoms with Crippen LogP contribution in [0.15, 0.2) is 48.5 Å². The minimum absolute atomic E-state index is 0.0143. The van der Waals surface area contributed by atoms with Gasteiger partial charge in [-0.05, 0) is 47.9 Å². The summed E-state index contributed by atoms with van der Waals surface area (Å²) >= 11 is 0. The van der Waals surface area contributed by atoms with Crippen molar-refractivity contribution < 1.29 is 27.4 Å². The fourth-order valence-corrected chi connectivity index (χ4v) is 2.45.